The van der Waals surface area contributed by atoms with E-state index in [2.05, 4.69) is 44.7 Å². The maximum absolute atomic E-state index is 13.0. The van der Waals surface area contributed by atoms with Gasteiger partial charge in [-0.3, -0.25) is 9.89 Å². The van der Waals surface area contributed by atoms with E-state index in [1.165, 1.54) is 5.69 Å². The van der Waals surface area contributed by atoms with E-state index in [0.29, 0.717) is 5.69 Å². The third-order valence-corrected chi connectivity index (χ3v) is 5.39. The van der Waals surface area contributed by atoms with Crippen LogP contribution >= 0.6 is 0 Å². The summed E-state index contributed by atoms with van der Waals surface area (Å²) in [4.78, 5) is 17.3. The van der Waals surface area contributed by atoms with Gasteiger partial charge in [0, 0.05) is 62.6 Å². The number of nitrogens with one attached hydrogen (secondary N) is 2. The Morgan fingerprint density at radius 2 is 2.16 bits per heavy atom. The van der Waals surface area contributed by atoms with Crippen LogP contribution in [0.4, 0.5) is 5.69 Å². The predicted octanol–water partition coefficient (Wildman–Crippen LogP) is 1.80. The first-order valence-electron chi connectivity index (χ1n) is 9.08. The summed E-state index contributed by atoms with van der Waals surface area (Å²) < 4.78 is 0. The largest absolute Gasteiger partial charge is 0.369 e. The number of nitrogens with zero attached hydrogens (tertiary/aromatic N) is 3. The summed E-state index contributed by atoms with van der Waals surface area (Å²) in [5, 5.41) is 10.7. The molecule has 132 valence electrons. The second-order valence-corrected chi connectivity index (χ2v) is 6.95. The zero-order chi connectivity index (χ0) is 17.2. The van der Waals surface area contributed by atoms with Crippen molar-refractivity contribution in [2.45, 2.75) is 31.8 Å². The molecule has 2 aliphatic rings. The van der Waals surface area contributed by atoms with Crippen molar-refractivity contribution < 1.29 is 4.79 Å². The average molecular weight is 339 g/mol. The number of aromatic nitrogens is 2. The zero-order valence-corrected chi connectivity index (χ0v) is 14.7. The van der Waals surface area contributed by atoms with Gasteiger partial charge in [-0.25, -0.2) is 0 Å². The average Bonchev–Trinajstić information content (AvgIpc) is 3.12. The molecule has 0 aliphatic carbocycles. The van der Waals surface area contributed by atoms with Gasteiger partial charge in [-0.1, -0.05) is 18.2 Å². The minimum atomic E-state index is 0.0288. The molecule has 1 fully saturated rings. The van der Waals surface area contributed by atoms with Crippen molar-refractivity contribution in [1.29, 1.82) is 0 Å². The van der Waals surface area contributed by atoms with Crippen molar-refractivity contribution in [1.82, 2.24) is 20.4 Å². The topological polar surface area (TPSA) is 64.3 Å². The smallest absolute Gasteiger partial charge is 0.274 e. The van der Waals surface area contributed by atoms with Crippen molar-refractivity contribution in [3.8, 4) is 0 Å². The summed E-state index contributed by atoms with van der Waals surface area (Å²) in [6, 6.07) is 10.7. The number of anilines is 1. The Labute approximate surface area is 148 Å². The SMILES string of the molecule is CN(C(=O)c1n[nH]c2c1CNCC2)C1CCCN(c2ccccc2)C1. The highest BCUT2D eigenvalue weighted by atomic mass is 16.2. The number of para-hydroxylation sites is 1. The zero-order valence-electron chi connectivity index (χ0n) is 14.7. The third kappa shape index (κ3) is 3.14. The third-order valence-electron chi connectivity index (χ3n) is 5.39. The minimum absolute atomic E-state index is 0.0288. The van der Waals surface area contributed by atoms with Crippen LogP contribution in [0, 0.1) is 0 Å². The summed E-state index contributed by atoms with van der Waals surface area (Å²) in [6.07, 6.45) is 3.04. The van der Waals surface area contributed by atoms with Gasteiger partial charge in [-0.2, -0.15) is 5.10 Å². The van der Waals surface area contributed by atoms with Crippen LogP contribution in [-0.2, 0) is 13.0 Å². The molecule has 0 radical (unpaired) electrons. The number of rotatable bonds is 3. The lowest BCUT2D eigenvalue weighted by molar-refractivity contribution is 0.0710. The Hall–Kier alpha value is -2.34. The van der Waals surface area contributed by atoms with Crippen molar-refractivity contribution in [2.24, 2.45) is 0 Å². The van der Waals surface area contributed by atoms with Crippen molar-refractivity contribution in [2.75, 3.05) is 31.6 Å². The molecule has 1 saturated heterocycles. The molecular weight excluding hydrogens is 314 g/mol. The standard InChI is InChI=1S/C19H25N5O/c1-23(19(25)18-16-12-20-10-9-17(16)21-22-18)15-8-5-11-24(13-15)14-6-3-2-4-7-14/h2-4,6-7,15,20H,5,8-13H2,1H3,(H,21,22). The Kier molecular flexibility index (Phi) is 4.44. The van der Waals surface area contributed by atoms with Crippen LogP contribution in [0.2, 0.25) is 0 Å². The number of fused-ring (bicyclic) bond motifs is 1. The van der Waals surface area contributed by atoms with Gasteiger partial charge < -0.3 is 15.1 Å². The number of aromatic amines is 1. The van der Waals surface area contributed by atoms with Gasteiger partial charge in [0.2, 0.25) is 0 Å². The Morgan fingerprint density at radius 3 is 3.00 bits per heavy atom. The second-order valence-electron chi connectivity index (χ2n) is 6.95. The number of hydrogen-bond acceptors (Lipinski definition) is 4. The molecule has 4 rings (SSSR count). The lowest BCUT2D eigenvalue weighted by atomic mass is 10.0. The molecule has 0 saturated carbocycles. The molecule has 25 heavy (non-hydrogen) atoms. The fraction of sp³-hybridized carbons (Fsp3) is 0.474. The molecule has 1 unspecified atom stereocenters. The van der Waals surface area contributed by atoms with Crippen molar-refractivity contribution >= 4 is 11.6 Å². The first-order valence-corrected chi connectivity index (χ1v) is 9.08. The van der Waals surface area contributed by atoms with Crippen LogP contribution in [-0.4, -0.2) is 53.7 Å². The molecule has 2 N–H and O–H groups in total. The van der Waals surface area contributed by atoms with E-state index >= 15 is 0 Å². The molecule has 1 atom stereocenters. The number of carbonyl (C=O) groups excluding carboxylic acids is 1. The first-order chi connectivity index (χ1) is 12.2. The molecular formula is C19H25N5O. The lowest BCUT2D eigenvalue weighted by Gasteiger charge is -2.38. The van der Waals surface area contributed by atoms with Crippen LogP contribution in [0.15, 0.2) is 30.3 Å². The molecule has 3 heterocycles. The van der Waals surface area contributed by atoms with Crippen LogP contribution < -0.4 is 10.2 Å². The number of amides is 1. The highest BCUT2D eigenvalue weighted by molar-refractivity contribution is 5.94. The van der Waals surface area contributed by atoms with E-state index in [0.717, 1.165) is 56.7 Å². The quantitative estimate of drug-likeness (QED) is 0.895. The Balaban J connectivity index is 1.49. The molecule has 6 nitrogen and oxygen atoms in total. The first kappa shape index (κ1) is 16.1. The van der Waals surface area contributed by atoms with Gasteiger partial charge in [0.1, 0.15) is 0 Å². The molecule has 1 aromatic carbocycles. The number of likely N-dealkylation sites (N-methyl/N-ethyl adjacent to an activating group) is 1. The van der Waals surface area contributed by atoms with Crippen LogP contribution in [0.25, 0.3) is 0 Å². The summed E-state index contributed by atoms with van der Waals surface area (Å²) in [5.74, 6) is 0.0288. The van der Waals surface area contributed by atoms with E-state index in [4.69, 9.17) is 0 Å². The second kappa shape index (κ2) is 6.88. The maximum Gasteiger partial charge on any atom is 0.274 e. The fourth-order valence-corrected chi connectivity index (χ4v) is 3.88. The maximum atomic E-state index is 13.0. The monoisotopic (exact) mass is 339 g/mol. The summed E-state index contributed by atoms with van der Waals surface area (Å²) in [5.41, 5.74) is 3.96. The fourth-order valence-electron chi connectivity index (χ4n) is 3.88. The molecule has 1 amide bonds. The van der Waals surface area contributed by atoms with E-state index in [9.17, 15) is 4.79 Å². The highest BCUT2D eigenvalue weighted by Gasteiger charge is 2.30. The van der Waals surface area contributed by atoms with Gasteiger partial charge >= 0.3 is 0 Å². The van der Waals surface area contributed by atoms with Gasteiger partial charge in [-0.05, 0) is 25.0 Å². The number of carbonyl (C=O) groups is 1. The number of H-pyrrole nitrogens is 1. The minimum Gasteiger partial charge on any atom is -0.369 e. The van der Waals surface area contributed by atoms with Crippen LogP contribution in [0.3, 0.4) is 0 Å². The molecule has 1 aromatic heterocycles. The summed E-state index contributed by atoms with van der Waals surface area (Å²) in [7, 11) is 1.92. The van der Waals surface area contributed by atoms with Crippen LogP contribution in [0.5, 0.6) is 0 Å². The van der Waals surface area contributed by atoms with Crippen molar-refractivity contribution in [3.05, 3.63) is 47.3 Å². The highest BCUT2D eigenvalue weighted by Crippen LogP contribution is 2.24. The molecule has 2 aliphatic heterocycles. The number of benzene rings is 1. The summed E-state index contributed by atoms with van der Waals surface area (Å²) >= 11 is 0. The predicted molar refractivity (Wildman–Crippen MR) is 97.8 cm³/mol. The summed E-state index contributed by atoms with van der Waals surface area (Å²) in [6.45, 7) is 3.58. The van der Waals surface area contributed by atoms with Gasteiger partial charge in [0.15, 0.2) is 5.69 Å². The molecule has 0 spiro atoms. The lowest BCUT2D eigenvalue weighted by Crippen LogP contribution is -2.49. The van der Waals surface area contributed by atoms with Gasteiger partial charge in [-0.15, -0.1) is 0 Å². The Morgan fingerprint density at radius 1 is 1.32 bits per heavy atom. The van der Waals surface area contributed by atoms with Crippen molar-refractivity contribution in [3.63, 3.8) is 0 Å². The molecule has 2 aromatic rings. The van der Waals surface area contributed by atoms with E-state index in [1.54, 1.807) is 0 Å². The van der Waals surface area contributed by atoms with E-state index < -0.39 is 0 Å². The van der Waals surface area contributed by atoms with E-state index in [-0.39, 0.29) is 11.9 Å². The van der Waals surface area contributed by atoms with Gasteiger partial charge in [0.05, 0.1) is 0 Å². The number of hydrogen-bond donors (Lipinski definition) is 2. The normalized spacial score (nSPS) is 20.2. The van der Waals surface area contributed by atoms with Gasteiger partial charge in [0.25, 0.3) is 5.91 Å². The van der Waals surface area contributed by atoms with Crippen LogP contribution in [0.1, 0.15) is 34.6 Å². The Bertz CT molecular complexity index is 742. The molecule has 6 heteroatoms. The van der Waals surface area contributed by atoms with E-state index in [1.807, 2.05) is 18.0 Å². The number of piperidine rings is 1. The molecule has 0 bridgehead atoms.